The molecule has 11 nitrogen and oxygen atoms in total. The summed E-state index contributed by atoms with van der Waals surface area (Å²) in [6.07, 6.45) is 42.8. The number of nitrogens with zero attached hydrogens (tertiary/aromatic N) is 3. The van der Waals surface area contributed by atoms with Gasteiger partial charge in [0.2, 0.25) is 23.6 Å². The third kappa shape index (κ3) is 34.6. The van der Waals surface area contributed by atoms with Gasteiger partial charge in [0, 0.05) is 65.3 Å². The molecule has 0 fully saturated rings. The molecule has 0 saturated carbocycles. The highest BCUT2D eigenvalue weighted by atomic mass is 16.3. The molecule has 4 amide bonds. The molecule has 0 rings (SSSR count). The molecule has 0 aromatic heterocycles. The Kier molecular flexibility index (Phi) is 43.0. The van der Waals surface area contributed by atoms with Crippen LogP contribution >= 0.6 is 0 Å². The standard InChI is InChI=1S/C56H103N5O6/c1-8-10-12-14-16-18-20-22-24-26-28-30-32-34-36-40-52(65)61(44-38-48-63)54(50(5)6)56(67)58-42-46-59(7)45-41-57-55(66)53(49(3)4)60(43-37-47-62)51(64)39-35-33-31-29-27-25-23-21-19-17-15-13-11-9-2/h15-18,21-24,49-50,53-54,62-63H,8-14,19-20,25-48H2,1-7H3,(H,57,66)(H,58,67)/b17-15-,18-16-,23-21-,24-22-. The second-order valence-corrected chi connectivity index (χ2v) is 19.2. The van der Waals surface area contributed by atoms with Crippen molar-refractivity contribution in [3.8, 4) is 0 Å². The second kappa shape index (κ2) is 45.2. The quantitative estimate of drug-likeness (QED) is 0.0352. The second-order valence-electron chi connectivity index (χ2n) is 19.2. The minimum atomic E-state index is -0.628. The first-order valence-corrected chi connectivity index (χ1v) is 27.1. The van der Waals surface area contributed by atoms with Gasteiger partial charge < -0.3 is 35.5 Å². The maximum Gasteiger partial charge on any atom is 0.243 e. The number of allylic oxidation sites excluding steroid dienone is 8. The van der Waals surface area contributed by atoms with Crippen LogP contribution in [0.2, 0.25) is 0 Å². The Morgan fingerprint density at radius 1 is 0.448 bits per heavy atom. The zero-order chi connectivity index (χ0) is 49.8. The molecule has 388 valence electrons. The Hall–Kier alpha value is -3.28. The van der Waals surface area contributed by atoms with Crippen LogP contribution in [0.5, 0.6) is 0 Å². The van der Waals surface area contributed by atoms with Crippen LogP contribution < -0.4 is 10.6 Å². The maximum absolute atomic E-state index is 13.6. The zero-order valence-corrected chi connectivity index (χ0v) is 44.1. The zero-order valence-electron chi connectivity index (χ0n) is 44.1. The van der Waals surface area contributed by atoms with Crippen molar-refractivity contribution in [3.63, 3.8) is 0 Å². The fourth-order valence-electron chi connectivity index (χ4n) is 8.26. The molecular weight excluding hydrogens is 839 g/mol. The molecule has 0 aliphatic rings. The number of hydrogen-bond acceptors (Lipinski definition) is 7. The van der Waals surface area contributed by atoms with Crippen molar-refractivity contribution >= 4 is 23.6 Å². The van der Waals surface area contributed by atoms with Gasteiger partial charge >= 0.3 is 0 Å². The maximum atomic E-state index is 13.6. The average Bonchev–Trinajstić information content (AvgIpc) is 3.29. The lowest BCUT2D eigenvalue weighted by atomic mass is 10.00. The van der Waals surface area contributed by atoms with Gasteiger partial charge in [-0.1, -0.05) is 154 Å². The third-order valence-corrected chi connectivity index (χ3v) is 12.2. The third-order valence-electron chi connectivity index (χ3n) is 12.2. The molecule has 67 heavy (non-hydrogen) atoms. The van der Waals surface area contributed by atoms with E-state index >= 15 is 0 Å². The van der Waals surface area contributed by atoms with Gasteiger partial charge in [-0.05, 0) is 102 Å². The molecule has 0 saturated heterocycles. The van der Waals surface area contributed by atoms with E-state index in [-0.39, 0.29) is 48.7 Å². The highest BCUT2D eigenvalue weighted by Gasteiger charge is 2.33. The molecule has 0 aliphatic carbocycles. The van der Waals surface area contributed by atoms with Crippen LogP contribution in [0, 0.1) is 11.8 Å². The fourth-order valence-corrected chi connectivity index (χ4v) is 8.26. The van der Waals surface area contributed by atoms with Gasteiger partial charge in [0.25, 0.3) is 0 Å². The molecule has 11 heteroatoms. The van der Waals surface area contributed by atoms with Gasteiger partial charge in [-0.15, -0.1) is 0 Å². The summed E-state index contributed by atoms with van der Waals surface area (Å²) in [6, 6.07) is -1.26. The van der Waals surface area contributed by atoms with Gasteiger partial charge in [0.05, 0.1) is 0 Å². The predicted molar refractivity (Wildman–Crippen MR) is 282 cm³/mol. The van der Waals surface area contributed by atoms with E-state index in [0.29, 0.717) is 65.0 Å². The van der Waals surface area contributed by atoms with Crippen molar-refractivity contribution in [3.05, 3.63) is 48.6 Å². The summed E-state index contributed by atoms with van der Waals surface area (Å²) in [5, 5.41) is 25.3. The minimum Gasteiger partial charge on any atom is -0.396 e. The van der Waals surface area contributed by atoms with Crippen LogP contribution in [-0.4, -0.2) is 120 Å². The Morgan fingerprint density at radius 2 is 0.791 bits per heavy atom. The molecule has 0 spiro atoms. The van der Waals surface area contributed by atoms with Crippen molar-refractivity contribution < 1.29 is 29.4 Å². The van der Waals surface area contributed by atoms with E-state index in [2.05, 4.69) is 73.1 Å². The SMILES string of the molecule is CCCC/C=C\C/C=C\CCCCCCCC(=O)N(CCCO)C(C(=O)NCCN(C)CCNC(=O)C(C(C)C)N(CCCO)C(=O)CCCCCCC/C=C\C/C=C\CCCCC)C(C)C. The molecule has 0 aromatic rings. The van der Waals surface area contributed by atoms with Crippen molar-refractivity contribution in [2.75, 3.05) is 59.5 Å². The number of aliphatic hydroxyl groups excluding tert-OH is 2. The summed E-state index contributed by atoms with van der Waals surface area (Å²) in [4.78, 5) is 59.7. The van der Waals surface area contributed by atoms with Crippen LogP contribution in [0.4, 0.5) is 0 Å². The highest BCUT2D eigenvalue weighted by Crippen LogP contribution is 2.18. The Balaban J connectivity index is 4.85. The number of hydrogen-bond donors (Lipinski definition) is 4. The van der Waals surface area contributed by atoms with Gasteiger partial charge in [0.15, 0.2) is 0 Å². The fraction of sp³-hybridized carbons (Fsp3) is 0.786. The summed E-state index contributed by atoms with van der Waals surface area (Å²) in [7, 11) is 1.93. The number of likely N-dealkylation sites (N-methyl/N-ethyl adjacent to an activating group) is 1. The monoisotopic (exact) mass is 942 g/mol. The van der Waals surface area contributed by atoms with E-state index < -0.39 is 12.1 Å². The molecule has 0 aliphatic heterocycles. The van der Waals surface area contributed by atoms with Crippen LogP contribution in [0.3, 0.4) is 0 Å². The summed E-state index contributed by atoms with van der Waals surface area (Å²) >= 11 is 0. The lowest BCUT2D eigenvalue weighted by Crippen LogP contribution is -2.54. The van der Waals surface area contributed by atoms with Crippen LogP contribution in [0.25, 0.3) is 0 Å². The lowest BCUT2D eigenvalue weighted by molar-refractivity contribution is -0.142. The van der Waals surface area contributed by atoms with E-state index in [1.165, 1.54) is 38.5 Å². The van der Waals surface area contributed by atoms with Crippen molar-refractivity contribution in [1.82, 2.24) is 25.3 Å². The van der Waals surface area contributed by atoms with Gasteiger partial charge in [-0.3, -0.25) is 19.2 Å². The number of unbranched alkanes of at least 4 members (excludes halogenated alkanes) is 15. The predicted octanol–water partition coefficient (Wildman–Crippen LogP) is 10.9. The van der Waals surface area contributed by atoms with E-state index in [9.17, 15) is 29.4 Å². The first-order chi connectivity index (χ1) is 32.5. The molecule has 0 heterocycles. The van der Waals surface area contributed by atoms with E-state index in [1.807, 2.05) is 39.6 Å². The largest absolute Gasteiger partial charge is 0.396 e. The molecule has 2 atom stereocenters. The van der Waals surface area contributed by atoms with Crippen LogP contribution in [0.15, 0.2) is 48.6 Å². The van der Waals surface area contributed by atoms with Crippen LogP contribution in [-0.2, 0) is 19.2 Å². The van der Waals surface area contributed by atoms with Gasteiger partial charge in [-0.25, -0.2) is 0 Å². The number of aliphatic hydroxyl groups is 2. The smallest absolute Gasteiger partial charge is 0.243 e. The van der Waals surface area contributed by atoms with Crippen molar-refractivity contribution in [1.29, 1.82) is 0 Å². The Bertz CT molecular complexity index is 1350. The normalized spacial score (nSPS) is 13.0. The van der Waals surface area contributed by atoms with E-state index in [4.69, 9.17) is 0 Å². The molecular formula is C56H103N5O6. The molecule has 0 aromatic carbocycles. The average molecular weight is 942 g/mol. The summed E-state index contributed by atoms with van der Waals surface area (Å²) in [5.74, 6) is -0.673. The van der Waals surface area contributed by atoms with Crippen molar-refractivity contribution in [2.45, 2.75) is 214 Å². The number of carbonyl (C=O) groups excluding carboxylic acids is 4. The molecule has 4 N–H and O–H groups in total. The lowest BCUT2D eigenvalue weighted by Gasteiger charge is -2.34. The summed E-state index contributed by atoms with van der Waals surface area (Å²) in [6.45, 7) is 14.7. The van der Waals surface area contributed by atoms with E-state index in [0.717, 1.165) is 96.3 Å². The van der Waals surface area contributed by atoms with E-state index in [1.54, 1.807) is 9.80 Å². The molecule has 2 unspecified atom stereocenters. The van der Waals surface area contributed by atoms with Crippen LogP contribution in [0.1, 0.15) is 202 Å². The Labute approximate surface area is 411 Å². The highest BCUT2D eigenvalue weighted by molar-refractivity contribution is 5.88. The summed E-state index contributed by atoms with van der Waals surface area (Å²) in [5.41, 5.74) is 0. The number of amides is 4. The van der Waals surface area contributed by atoms with Gasteiger partial charge in [-0.2, -0.15) is 0 Å². The van der Waals surface area contributed by atoms with Crippen molar-refractivity contribution in [2.24, 2.45) is 11.8 Å². The first-order valence-electron chi connectivity index (χ1n) is 27.1. The first kappa shape index (κ1) is 63.7. The summed E-state index contributed by atoms with van der Waals surface area (Å²) < 4.78 is 0. The van der Waals surface area contributed by atoms with Gasteiger partial charge in [0.1, 0.15) is 12.1 Å². The number of rotatable bonds is 45. The molecule has 0 bridgehead atoms. The Morgan fingerprint density at radius 3 is 1.15 bits per heavy atom. The number of nitrogens with one attached hydrogen (secondary N) is 2. The molecule has 0 radical (unpaired) electrons. The topological polar surface area (TPSA) is 143 Å². The minimum absolute atomic E-state index is 0.0384. The number of carbonyl (C=O) groups is 4.